The molecular weight excluding hydrogens is 354 g/mol. The predicted octanol–water partition coefficient (Wildman–Crippen LogP) is 4.68. The molecule has 1 aromatic heterocycles. The molecule has 0 saturated heterocycles. The Labute approximate surface area is 138 Å². The van der Waals surface area contributed by atoms with Crippen LogP contribution < -0.4 is 4.74 Å². The van der Waals surface area contributed by atoms with Gasteiger partial charge in [0.15, 0.2) is 5.78 Å². The molecule has 1 aromatic carbocycles. The first-order valence-electron chi connectivity index (χ1n) is 6.58. The highest BCUT2D eigenvalue weighted by atomic mass is 79.9. The SMILES string of the molecule is COc1ccc(Br)cc1-n1c(C)cc(C(=O)C(C)Cl)c1C. The normalized spacial score (nSPS) is 12.3. The Morgan fingerprint density at radius 2 is 2.00 bits per heavy atom. The van der Waals surface area contributed by atoms with E-state index >= 15 is 0 Å². The molecule has 1 atom stereocenters. The van der Waals surface area contributed by atoms with Gasteiger partial charge in [0.05, 0.1) is 18.2 Å². The molecule has 21 heavy (non-hydrogen) atoms. The average molecular weight is 371 g/mol. The monoisotopic (exact) mass is 369 g/mol. The van der Waals surface area contributed by atoms with E-state index in [2.05, 4.69) is 15.9 Å². The summed E-state index contributed by atoms with van der Waals surface area (Å²) in [4.78, 5) is 12.2. The zero-order valence-electron chi connectivity index (χ0n) is 12.4. The number of ketones is 1. The summed E-state index contributed by atoms with van der Waals surface area (Å²) in [5.74, 6) is 0.683. The van der Waals surface area contributed by atoms with Gasteiger partial charge in [0.25, 0.3) is 0 Å². The summed E-state index contributed by atoms with van der Waals surface area (Å²) >= 11 is 9.41. The van der Waals surface area contributed by atoms with Gasteiger partial charge in [0.2, 0.25) is 0 Å². The number of carbonyl (C=O) groups excluding carboxylic acids is 1. The molecule has 5 heteroatoms. The van der Waals surface area contributed by atoms with Crippen LogP contribution in [0, 0.1) is 13.8 Å². The van der Waals surface area contributed by atoms with E-state index in [0.717, 1.165) is 27.3 Å². The molecule has 2 aromatic rings. The van der Waals surface area contributed by atoms with Crippen LogP contribution in [0.2, 0.25) is 0 Å². The Bertz CT molecular complexity index is 692. The molecule has 112 valence electrons. The molecule has 0 aliphatic heterocycles. The quantitative estimate of drug-likeness (QED) is 0.578. The van der Waals surface area contributed by atoms with E-state index in [1.54, 1.807) is 14.0 Å². The van der Waals surface area contributed by atoms with E-state index in [4.69, 9.17) is 16.3 Å². The second kappa shape index (κ2) is 6.24. The number of aryl methyl sites for hydroxylation is 1. The van der Waals surface area contributed by atoms with Crippen molar-refractivity contribution in [3.8, 4) is 11.4 Å². The zero-order valence-corrected chi connectivity index (χ0v) is 14.7. The van der Waals surface area contributed by atoms with Crippen LogP contribution in [0.1, 0.15) is 28.7 Å². The number of nitrogens with zero attached hydrogens (tertiary/aromatic N) is 1. The highest BCUT2D eigenvalue weighted by Crippen LogP contribution is 2.31. The van der Waals surface area contributed by atoms with Gasteiger partial charge in [-0.1, -0.05) is 15.9 Å². The minimum absolute atomic E-state index is 0.0648. The van der Waals surface area contributed by atoms with E-state index in [1.807, 2.05) is 42.7 Å². The van der Waals surface area contributed by atoms with E-state index in [-0.39, 0.29) is 5.78 Å². The molecule has 0 bridgehead atoms. The summed E-state index contributed by atoms with van der Waals surface area (Å²) in [6, 6.07) is 7.65. The highest BCUT2D eigenvalue weighted by Gasteiger charge is 2.21. The van der Waals surface area contributed by atoms with Crippen molar-refractivity contribution < 1.29 is 9.53 Å². The number of hydrogen-bond donors (Lipinski definition) is 0. The third-order valence-electron chi connectivity index (χ3n) is 3.44. The molecular formula is C16H17BrClNO2. The van der Waals surface area contributed by atoms with Crippen molar-refractivity contribution in [2.45, 2.75) is 26.1 Å². The number of hydrogen-bond acceptors (Lipinski definition) is 2. The first kappa shape index (κ1) is 16.1. The molecule has 1 unspecified atom stereocenters. The predicted molar refractivity (Wildman–Crippen MR) is 89.1 cm³/mol. The maximum Gasteiger partial charge on any atom is 0.182 e. The fourth-order valence-corrected chi connectivity index (χ4v) is 2.90. The topological polar surface area (TPSA) is 31.2 Å². The number of benzene rings is 1. The lowest BCUT2D eigenvalue weighted by Gasteiger charge is -2.14. The van der Waals surface area contributed by atoms with Crippen molar-refractivity contribution in [1.82, 2.24) is 4.57 Å². The average Bonchev–Trinajstić information content (AvgIpc) is 2.72. The second-order valence-electron chi connectivity index (χ2n) is 4.92. The molecule has 0 fully saturated rings. The van der Waals surface area contributed by atoms with Crippen LogP contribution in [-0.2, 0) is 0 Å². The Hall–Kier alpha value is -1.26. The van der Waals surface area contributed by atoms with E-state index in [0.29, 0.717) is 5.56 Å². The lowest BCUT2D eigenvalue weighted by atomic mass is 10.1. The highest BCUT2D eigenvalue weighted by molar-refractivity contribution is 9.10. The lowest BCUT2D eigenvalue weighted by molar-refractivity contribution is 0.0991. The van der Waals surface area contributed by atoms with Gasteiger partial charge in [-0.15, -0.1) is 11.6 Å². The van der Waals surface area contributed by atoms with Gasteiger partial charge in [-0.2, -0.15) is 0 Å². The third-order valence-corrected chi connectivity index (χ3v) is 4.13. The summed E-state index contributed by atoms with van der Waals surface area (Å²) in [5, 5.41) is -0.539. The van der Waals surface area contributed by atoms with Crippen molar-refractivity contribution in [3.63, 3.8) is 0 Å². The van der Waals surface area contributed by atoms with Crippen LogP contribution in [-0.4, -0.2) is 22.8 Å². The van der Waals surface area contributed by atoms with Crippen molar-refractivity contribution in [3.05, 3.63) is 45.7 Å². The van der Waals surface area contributed by atoms with Crippen LogP contribution in [0.25, 0.3) is 5.69 Å². The minimum atomic E-state index is -0.539. The van der Waals surface area contributed by atoms with E-state index in [9.17, 15) is 4.79 Å². The lowest BCUT2D eigenvalue weighted by Crippen LogP contribution is -2.12. The molecule has 0 N–H and O–H groups in total. The van der Waals surface area contributed by atoms with Gasteiger partial charge in [0.1, 0.15) is 5.75 Å². The number of ether oxygens (including phenoxy) is 1. The molecule has 0 aliphatic carbocycles. The van der Waals surface area contributed by atoms with Crippen molar-refractivity contribution in [2.24, 2.45) is 0 Å². The Morgan fingerprint density at radius 3 is 2.57 bits per heavy atom. The summed E-state index contributed by atoms with van der Waals surface area (Å²) in [6.45, 7) is 5.57. The molecule has 0 aliphatic rings. The molecule has 0 amide bonds. The van der Waals surface area contributed by atoms with Crippen LogP contribution in [0.5, 0.6) is 5.75 Å². The van der Waals surface area contributed by atoms with Crippen LogP contribution in [0.15, 0.2) is 28.7 Å². The summed E-state index contributed by atoms with van der Waals surface area (Å²) in [7, 11) is 1.63. The van der Waals surface area contributed by atoms with Crippen molar-refractivity contribution in [2.75, 3.05) is 7.11 Å². The maximum absolute atomic E-state index is 12.2. The fraction of sp³-hybridized carbons (Fsp3) is 0.312. The molecule has 2 rings (SSSR count). The van der Waals surface area contributed by atoms with Crippen molar-refractivity contribution in [1.29, 1.82) is 0 Å². The largest absolute Gasteiger partial charge is 0.495 e. The Kier molecular flexibility index (Phi) is 4.79. The van der Waals surface area contributed by atoms with Crippen molar-refractivity contribution >= 4 is 33.3 Å². The molecule has 0 radical (unpaired) electrons. The molecule has 0 spiro atoms. The van der Waals surface area contributed by atoms with Gasteiger partial charge < -0.3 is 9.30 Å². The molecule has 3 nitrogen and oxygen atoms in total. The third kappa shape index (κ3) is 3.01. The number of rotatable bonds is 4. The van der Waals surface area contributed by atoms with Gasteiger partial charge in [0, 0.05) is 21.4 Å². The standard InChI is InChI=1S/C16H17BrClNO2/c1-9-7-13(16(20)10(2)18)11(3)19(9)14-8-12(17)5-6-15(14)21-4/h5-8,10H,1-4H3. The molecule has 1 heterocycles. The van der Waals surface area contributed by atoms with Gasteiger partial charge in [-0.25, -0.2) is 0 Å². The maximum atomic E-state index is 12.2. The number of halogens is 2. The summed E-state index contributed by atoms with van der Waals surface area (Å²) in [5.41, 5.74) is 3.37. The van der Waals surface area contributed by atoms with E-state index in [1.165, 1.54) is 0 Å². The van der Waals surface area contributed by atoms with E-state index < -0.39 is 5.38 Å². The number of carbonyl (C=O) groups is 1. The van der Waals surface area contributed by atoms with Crippen LogP contribution in [0.3, 0.4) is 0 Å². The number of Topliss-reactive ketones (excluding diaryl/α,β-unsaturated/α-hetero) is 1. The second-order valence-corrected chi connectivity index (χ2v) is 6.49. The van der Waals surface area contributed by atoms with Crippen LogP contribution >= 0.6 is 27.5 Å². The van der Waals surface area contributed by atoms with Gasteiger partial charge >= 0.3 is 0 Å². The zero-order chi connectivity index (χ0) is 15.7. The summed E-state index contributed by atoms with van der Waals surface area (Å²) in [6.07, 6.45) is 0. The van der Waals surface area contributed by atoms with Gasteiger partial charge in [-0.05, 0) is 45.0 Å². The van der Waals surface area contributed by atoms with Crippen LogP contribution in [0.4, 0.5) is 0 Å². The van der Waals surface area contributed by atoms with Gasteiger partial charge in [-0.3, -0.25) is 4.79 Å². The Balaban J connectivity index is 2.66. The smallest absolute Gasteiger partial charge is 0.182 e. The number of methoxy groups -OCH3 is 1. The minimum Gasteiger partial charge on any atom is -0.495 e. The number of aromatic nitrogens is 1. The first-order chi connectivity index (χ1) is 9.86. The fourth-order valence-electron chi connectivity index (χ4n) is 2.44. The Morgan fingerprint density at radius 1 is 1.33 bits per heavy atom. The number of alkyl halides is 1. The summed E-state index contributed by atoms with van der Waals surface area (Å²) < 4.78 is 8.39. The first-order valence-corrected chi connectivity index (χ1v) is 7.81. The molecule has 0 saturated carbocycles.